The molecule has 0 bridgehead atoms. The molecule has 4 aromatic rings. The number of nitrogens with zero attached hydrogens (tertiary/aromatic N) is 3. The Morgan fingerprint density at radius 2 is 1.81 bits per heavy atom. The number of fused-ring (bicyclic) bond motifs is 3. The number of methoxy groups -OCH3 is 1. The van der Waals surface area contributed by atoms with E-state index in [1.165, 1.54) is 22.9 Å². The van der Waals surface area contributed by atoms with Gasteiger partial charge in [0.25, 0.3) is 11.5 Å². The van der Waals surface area contributed by atoms with Crippen LogP contribution in [0.5, 0.6) is 23.0 Å². The number of benzene rings is 2. The Bertz CT molecular complexity index is 1930. The fraction of sp³-hybridized carbons (Fsp3) is 0.226. The predicted molar refractivity (Wildman–Crippen MR) is 155 cm³/mol. The quantitative estimate of drug-likeness (QED) is 0.347. The molecule has 0 radical (unpaired) electrons. The Kier molecular flexibility index (Phi) is 7.41. The van der Waals surface area contributed by atoms with Gasteiger partial charge in [-0.1, -0.05) is 0 Å². The van der Waals surface area contributed by atoms with Crippen LogP contribution in [0.4, 0.5) is 4.39 Å². The third kappa shape index (κ3) is 5.23. The molecule has 2 aliphatic rings. The van der Waals surface area contributed by atoms with Gasteiger partial charge in [-0.2, -0.15) is 0 Å². The molecule has 0 fully saturated rings. The molecule has 43 heavy (non-hydrogen) atoms. The van der Waals surface area contributed by atoms with Crippen LogP contribution in [0, 0.1) is 5.82 Å². The molecule has 11 nitrogen and oxygen atoms in total. The average molecular weight is 587 g/mol. The molecule has 0 unspecified atom stereocenters. The van der Waals surface area contributed by atoms with E-state index in [1.54, 1.807) is 44.5 Å². The average Bonchev–Trinajstić information content (AvgIpc) is 3.02. The first kappa shape index (κ1) is 27.8. The normalized spacial score (nSPS) is 14.1. The number of aryl methyl sites for hydroxylation is 1. The van der Waals surface area contributed by atoms with Crippen LogP contribution in [0.3, 0.4) is 0 Å². The van der Waals surface area contributed by atoms with Crippen LogP contribution in [0.1, 0.15) is 30.1 Å². The highest BCUT2D eigenvalue weighted by Crippen LogP contribution is 2.48. The maximum Gasteiger partial charge on any atom is 0.335 e. The molecule has 0 saturated carbocycles. The smallest absolute Gasteiger partial charge is 0.335 e. The minimum absolute atomic E-state index is 0.162. The Balaban J connectivity index is 1.26. The molecule has 0 saturated heterocycles. The monoisotopic (exact) mass is 586 g/mol. The van der Waals surface area contributed by atoms with Crippen LogP contribution >= 0.6 is 0 Å². The highest BCUT2D eigenvalue weighted by atomic mass is 19.1. The second-order valence-corrected chi connectivity index (χ2v) is 9.75. The SMILES string of the molecule is CCn1cc(C(=O)NC2=CC=C(Oc3ccnc4cc(OC)c5c(c34)OCCO5)CC2)c(=O)n(-c2ccc(F)cc2)c1=O. The summed E-state index contributed by atoms with van der Waals surface area (Å²) < 4.78 is 39.0. The molecule has 6 rings (SSSR count). The third-order valence-corrected chi connectivity index (χ3v) is 7.11. The van der Waals surface area contributed by atoms with Crippen molar-refractivity contribution in [2.24, 2.45) is 0 Å². The number of aromatic nitrogens is 3. The molecular weight excluding hydrogens is 559 g/mol. The van der Waals surface area contributed by atoms with Crippen LogP contribution in [0.15, 0.2) is 82.0 Å². The topological polar surface area (TPSA) is 123 Å². The Morgan fingerprint density at radius 1 is 1.05 bits per heavy atom. The van der Waals surface area contributed by atoms with Gasteiger partial charge in [0, 0.05) is 37.1 Å². The molecule has 0 spiro atoms. The summed E-state index contributed by atoms with van der Waals surface area (Å²) in [5.74, 6) is 1.52. The first-order valence-electron chi connectivity index (χ1n) is 13.6. The van der Waals surface area contributed by atoms with Gasteiger partial charge in [-0.3, -0.25) is 19.1 Å². The van der Waals surface area contributed by atoms with E-state index in [0.29, 0.717) is 71.4 Å². The van der Waals surface area contributed by atoms with Crippen LogP contribution in [-0.4, -0.2) is 40.3 Å². The highest BCUT2D eigenvalue weighted by Gasteiger charge is 2.25. The number of rotatable bonds is 7. The van der Waals surface area contributed by atoms with Crippen molar-refractivity contribution < 1.29 is 28.1 Å². The summed E-state index contributed by atoms with van der Waals surface area (Å²) in [6.45, 7) is 2.72. The second kappa shape index (κ2) is 11.5. The van der Waals surface area contributed by atoms with Crippen molar-refractivity contribution >= 4 is 16.8 Å². The van der Waals surface area contributed by atoms with E-state index < -0.39 is 23.0 Å². The summed E-state index contributed by atoms with van der Waals surface area (Å²) in [6.07, 6.45) is 7.19. The first-order chi connectivity index (χ1) is 20.9. The van der Waals surface area contributed by atoms with Crippen LogP contribution in [0.25, 0.3) is 16.6 Å². The van der Waals surface area contributed by atoms with E-state index in [0.717, 1.165) is 16.7 Å². The Hall–Kier alpha value is -5.39. The molecule has 1 amide bonds. The summed E-state index contributed by atoms with van der Waals surface area (Å²) in [5, 5.41) is 3.43. The number of hydrogen-bond acceptors (Lipinski definition) is 8. The summed E-state index contributed by atoms with van der Waals surface area (Å²) in [6, 6.07) is 8.42. The lowest BCUT2D eigenvalue weighted by molar-refractivity contribution is 0.0961. The first-order valence-corrected chi connectivity index (χ1v) is 13.6. The molecule has 1 aliphatic carbocycles. The molecule has 1 N–H and O–H groups in total. The van der Waals surface area contributed by atoms with Gasteiger partial charge in [-0.25, -0.2) is 13.8 Å². The van der Waals surface area contributed by atoms with Gasteiger partial charge in [-0.15, -0.1) is 0 Å². The van der Waals surface area contributed by atoms with Gasteiger partial charge in [-0.05, 0) is 55.8 Å². The number of allylic oxidation sites excluding steroid dienone is 4. The maximum absolute atomic E-state index is 13.5. The lowest BCUT2D eigenvalue weighted by Crippen LogP contribution is -2.43. The number of amides is 1. The molecule has 2 aromatic carbocycles. The maximum atomic E-state index is 13.5. The standard InChI is InChI=1S/C31H27FN4O7/c1-3-35-17-22(30(38)36(31(35)39)20-8-4-18(32)5-9-20)29(37)34-19-6-10-21(11-7-19)43-24-12-13-33-23-16-25(40-2)27-28(26(23)24)42-15-14-41-27/h4-6,8-10,12-13,16-17H,3,7,11,14-15H2,1-2H3,(H,34,37). The third-order valence-electron chi connectivity index (χ3n) is 7.11. The molecule has 1 aliphatic heterocycles. The van der Waals surface area contributed by atoms with Crippen molar-refractivity contribution in [2.45, 2.75) is 26.3 Å². The number of carbonyl (C=O) groups excluding carboxylic acids is 1. The van der Waals surface area contributed by atoms with Gasteiger partial charge >= 0.3 is 5.69 Å². The second-order valence-electron chi connectivity index (χ2n) is 9.75. The fourth-order valence-corrected chi connectivity index (χ4v) is 4.97. The minimum atomic E-state index is -0.800. The van der Waals surface area contributed by atoms with Crippen molar-refractivity contribution in [2.75, 3.05) is 20.3 Å². The zero-order chi connectivity index (χ0) is 30.1. The predicted octanol–water partition coefficient (Wildman–Crippen LogP) is 3.86. The van der Waals surface area contributed by atoms with Gasteiger partial charge in [0.2, 0.25) is 5.75 Å². The van der Waals surface area contributed by atoms with Gasteiger partial charge in [0.1, 0.15) is 36.1 Å². The number of nitrogens with one attached hydrogen (secondary N) is 1. The lowest BCUT2D eigenvalue weighted by Gasteiger charge is -2.23. The van der Waals surface area contributed by atoms with Gasteiger partial charge in [0.15, 0.2) is 11.5 Å². The summed E-state index contributed by atoms with van der Waals surface area (Å²) >= 11 is 0. The van der Waals surface area contributed by atoms with E-state index in [1.807, 2.05) is 0 Å². The highest BCUT2D eigenvalue weighted by molar-refractivity contribution is 5.96. The van der Waals surface area contributed by atoms with E-state index >= 15 is 0 Å². The zero-order valence-corrected chi connectivity index (χ0v) is 23.4. The van der Waals surface area contributed by atoms with Gasteiger partial charge in [0.05, 0.1) is 23.7 Å². The van der Waals surface area contributed by atoms with Crippen molar-refractivity contribution in [3.8, 4) is 28.7 Å². The molecular formula is C31H27FN4O7. The van der Waals surface area contributed by atoms with E-state index in [4.69, 9.17) is 18.9 Å². The van der Waals surface area contributed by atoms with Crippen LogP contribution in [0.2, 0.25) is 0 Å². The lowest BCUT2D eigenvalue weighted by atomic mass is 10.1. The molecule has 12 heteroatoms. The molecule has 220 valence electrons. The molecule has 3 heterocycles. The zero-order valence-electron chi connectivity index (χ0n) is 23.4. The minimum Gasteiger partial charge on any atom is -0.493 e. The largest absolute Gasteiger partial charge is 0.493 e. The van der Waals surface area contributed by atoms with Gasteiger partial charge < -0.3 is 24.3 Å². The number of carbonyl (C=O) groups is 1. The molecule has 0 atom stereocenters. The number of pyridine rings is 1. The van der Waals surface area contributed by atoms with Crippen LogP contribution in [-0.2, 0) is 6.54 Å². The summed E-state index contributed by atoms with van der Waals surface area (Å²) in [7, 11) is 1.55. The number of halogens is 1. The van der Waals surface area contributed by atoms with E-state index in [-0.39, 0.29) is 17.8 Å². The molecule has 2 aromatic heterocycles. The Labute approximate surface area is 244 Å². The Morgan fingerprint density at radius 3 is 2.51 bits per heavy atom. The van der Waals surface area contributed by atoms with Crippen molar-refractivity contribution in [1.29, 1.82) is 0 Å². The van der Waals surface area contributed by atoms with E-state index in [2.05, 4.69) is 10.3 Å². The van der Waals surface area contributed by atoms with Crippen molar-refractivity contribution in [3.63, 3.8) is 0 Å². The number of ether oxygens (including phenoxy) is 4. The summed E-state index contributed by atoms with van der Waals surface area (Å²) in [5.41, 5.74) is -0.294. The van der Waals surface area contributed by atoms with E-state index in [9.17, 15) is 18.8 Å². The van der Waals surface area contributed by atoms with Crippen molar-refractivity contribution in [1.82, 2.24) is 19.4 Å². The fourth-order valence-electron chi connectivity index (χ4n) is 4.97. The van der Waals surface area contributed by atoms with Crippen molar-refractivity contribution in [3.05, 3.63) is 105 Å². The van der Waals surface area contributed by atoms with Crippen LogP contribution < -0.4 is 35.5 Å². The number of hydrogen-bond donors (Lipinski definition) is 1. The summed E-state index contributed by atoms with van der Waals surface area (Å²) in [4.78, 5) is 43.8.